The van der Waals surface area contributed by atoms with Gasteiger partial charge in [-0.1, -0.05) is 41.9 Å². The predicted octanol–water partition coefficient (Wildman–Crippen LogP) is 4.26. The Morgan fingerprint density at radius 2 is 1.92 bits per heavy atom. The zero-order chi connectivity index (χ0) is 17.9. The van der Waals surface area contributed by atoms with E-state index in [2.05, 4.69) is 19.9 Å². The third-order valence-corrected chi connectivity index (χ3v) is 4.19. The highest BCUT2D eigenvalue weighted by Gasteiger charge is 2.14. The molecular weight excluding hydrogens is 352 g/mol. The van der Waals surface area contributed by atoms with Gasteiger partial charge in [-0.25, -0.2) is 15.0 Å². The van der Waals surface area contributed by atoms with Gasteiger partial charge in [0.05, 0.1) is 12.7 Å². The second kappa shape index (κ2) is 7.01. The van der Waals surface area contributed by atoms with E-state index in [1.54, 1.807) is 7.11 Å². The molecule has 7 heteroatoms. The monoisotopic (exact) mass is 366 g/mol. The number of benzene rings is 2. The van der Waals surface area contributed by atoms with Gasteiger partial charge in [-0.05, 0) is 17.7 Å². The quantitative estimate of drug-likeness (QED) is 0.534. The summed E-state index contributed by atoms with van der Waals surface area (Å²) in [5.41, 5.74) is 2.98. The second-order valence-electron chi connectivity index (χ2n) is 5.58. The molecule has 0 aliphatic heterocycles. The summed E-state index contributed by atoms with van der Waals surface area (Å²) in [6.07, 6.45) is 1.39. The van der Waals surface area contributed by atoms with E-state index in [0.29, 0.717) is 40.2 Å². The minimum absolute atomic E-state index is 0.305. The lowest BCUT2D eigenvalue weighted by Crippen LogP contribution is -1.96. The van der Waals surface area contributed by atoms with Crippen molar-refractivity contribution in [3.63, 3.8) is 0 Å². The summed E-state index contributed by atoms with van der Waals surface area (Å²) < 4.78 is 11.4. The van der Waals surface area contributed by atoms with Crippen molar-refractivity contribution in [3.05, 3.63) is 65.6 Å². The van der Waals surface area contributed by atoms with Gasteiger partial charge >= 0.3 is 0 Å². The van der Waals surface area contributed by atoms with Crippen LogP contribution < -0.4 is 9.47 Å². The minimum atomic E-state index is 0.305. The first-order valence-electron chi connectivity index (χ1n) is 7.96. The molecule has 0 saturated carbocycles. The van der Waals surface area contributed by atoms with Gasteiger partial charge in [-0.15, -0.1) is 0 Å². The highest BCUT2D eigenvalue weighted by Crippen LogP contribution is 2.33. The van der Waals surface area contributed by atoms with E-state index in [-0.39, 0.29) is 0 Å². The fourth-order valence-corrected chi connectivity index (χ4v) is 2.80. The first-order chi connectivity index (χ1) is 12.7. The fraction of sp³-hybridized carbons (Fsp3) is 0.105. The highest BCUT2D eigenvalue weighted by atomic mass is 35.5. The molecule has 0 amide bonds. The van der Waals surface area contributed by atoms with Gasteiger partial charge in [0.15, 0.2) is 10.8 Å². The van der Waals surface area contributed by atoms with Gasteiger partial charge in [0, 0.05) is 6.07 Å². The van der Waals surface area contributed by atoms with E-state index in [9.17, 15) is 0 Å². The van der Waals surface area contributed by atoms with Gasteiger partial charge in [-0.2, -0.15) is 0 Å². The number of nitrogens with one attached hydrogen (secondary N) is 1. The van der Waals surface area contributed by atoms with Crippen LogP contribution in [0.3, 0.4) is 0 Å². The number of aromatic nitrogens is 4. The number of hydrogen-bond donors (Lipinski definition) is 1. The van der Waals surface area contributed by atoms with Crippen molar-refractivity contribution in [3.8, 4) is 22.9 Å². The smallest absolute Gasteiger partial charge is 0.162 e. The maximum atomic E-state index is 6.07. The number of hydrogen-bond acceptors (Lipinski definition) is 5. The molecule has 0 bridgehead atoms. The van der Waals surface area contributed by atoms with Crippen molar-refractivity contribution in [2.75, 3.05) is 7.11 Å². The molecule has 0 saturated heterocycles. The minimum Gasteiger partial charge on any atom is -0.496 e. The second-order valence-corrected chi connectivity index (χ2v) is 5.94. The molecule has 0 fully saturated rings. The Morgan fingerprint density at radius 3 is 2.69 bits per heavy atom. The van der Waals surface area contributed by atoms with Gasteiger partial charge in [0.25, 0.3) is 0 Å². The summed E-state index contributed by atoms with van der Waals surface area (Å²) in [5.74, 6) is 1.95. The third kappa shape index (κ3) is 3.19. The van der Waals surface area contributed by atoms with Crippen LogP contribution in [0.5, 0.6) is 11.5 Å². The molecule has 4 aromatic rings. The zero-order valence-electron chi connectivity index (χ0n) is 13.9. The first kappa shape index (κ1) is 16.4. The number of nitrogens with zero attached hydrogens (tertiary/aromatic N) is 3. The van der Waals surface area contributed by atoms with Crippen LogP contribution in [0.25, 0.3) is 22.6 Å². The van der Waals surface area contributed by atoms with E-state index in [1.165, 1.54) is 6.33 Å². The topological polar surface area (TPSA) is 72.9 Å². The standard InChI is InChI=1S/C19H15ClN4O2/c1-25-15-9-13(26-10-12-5-3-2-4-6-12)7-8-14(15)18-23-16-17(20)21-11-22-19(16)24-18/h2-9,11H,10H2,1H3,(H,21,22,23,24). The van der Waals surface area contributed by atoms with Crippen LogP contribution in [0.2, 0.25) is 5.15 Å². The normalized spacial score (nSPS) is 10.8. The molecule has 0 aliphatic rings. The van der Waals surface area contributed by atoms with Crippen LogP contribution >= 0.6 is 11.6 Å². The van der Waals surface area contributed by atoms with Crippen molar-refractivity contribution in [2.45, 2.75) is 6.61 Å². The summed E-state index contributed by atoms with van der Waals surface area (Å²) in [6.45, 7) is 0.485. The molecule has 0 unspecified atom stereocenters. The summed E-state index contributed by atoms with van der Waals surface area (Å²) in [6, 6.07) is 15.6. The van der Waals surface area contributed by atoms with Crippen LogP contribution in [-0.4, -0.2) is 27.0 Å². The molecule has 130 valence electrons. The maximum Gasteiger partial charge on any atom is 0.162 e. The maximum absolute atomic E-state index is 6.07. The Kier molecular flexibility index (Phi) is 4.41. The van der Waals surface area contributed by atoms with Crippen LogP contribution in [0.1, 0.15) is 5.56 Å². The lowest BCUT2D eigenvalue weighted by Gasteiger charge is -2.10. The molecule has 1 N–H and O–H groups in total. The lowest BCUT2D eigenvalue weighted by molar-refractivity contribution is 0.304. The molecule has 26 heavy (non-hydrogen) atoms. The predicted molar refractivity (Wildman–Crippen MR) is 99.5 cm³/mol. The van der Waals surface area contributed by atoms with E-state index in [1.807, 2.05) is 48.5 Å². The Morgan fingerprint density at radius 1 is 1.08 bits per heavy atom. The van der Waals surface area contributed by atoms with Crippen LogP contribution in [0, 0.1) is 0 Å². The number of methoxy groups -OCH3 is 1. The largest absolute Gasteiger partial charge is 0.496 e. The van der Waals surface area contributed by atoms with Crippen molar-refractivity contribution < 1.29 is 9.47 Å². The molecule has 2 aromatic heterocycles. The molecule has 4 rings (SSSR count). The molecule has 2 aromatic carbocycles. The summed E-state index contributed by atoms with van der Waals surface area (Å²) in [7, 11) is 1.61. The average Bonchev–Trinajstić information content (AvgIpc) is 3.12. The number of aromatic amines is 1. The molecule has 0 radical (unpaired) electrons. The van der Waals surface area contributed by atoms with E-state index >= 15 is 0 Å². The van der Waals surface area contributed by atoms with Crippen LogP contribution in [0.4, 0.5) is 0 Å². The Hall–Kier alpha value is -3.12. The zero-order valence-corrected chi connectivity index (χ0v) is 14.7. The highest BCUT2D eigenvalue weighted by molar-refractivity contribution is 6.33. The van der Waals surface area contributed by atoms with Gasteiger partial charge in [0.1, 0.15) is 35.8 Å². The first-order valence-corrected chi connectivity index (χ1v) is 8.34. The molecular formula is C19H15ClN4O2. The van der Waals surface area contributed by atoms with Gasteiger partial charge < -0.3 is 14.5 Å². The fourth-order valence-electron chi connectivity index (χ4n) is 2.63. The number of H-pyrrole nitrogens is 1. The van der Waals surface area contributed by atoms with Crippen LogP contribution in [0.15, 0.2) is 54.9 Å². The number of fused-ring (bicyclic) bond motifs is 1. The number of halogens is 1. The summed E-state index contributed by atoms with van der Waals surface area (Å²) in [5, 5.41) is 0.305. The molecule has 0 aliphatic carbocycles. The number of imidazole rings is 1. The number of rotatable bonds is 5. The average molecular weight is 367 g/mol. The molecule has 6 nitrogen and oxygen atoms in total. The van der Waals surface area contributed by atoms with E-state index in [4.69, 9.17) is 21.1 Å². The van der Waals surface area contributed by atoms with Crippen molar-refractivity contribution in [2.24, 2.45) is 0 Å². The van der Waals surface area contributed by atoms with Crippen molar-refractivity contribution >= 4 is 22.8 Å². The lowest BCUT2D eigenvalue weighted by atomic mass is 10.2. The summed E-state index contributed by atoms with van der Waals surface area (Å²) in [4.78, 5) is 15.7. The van der Waals surface area contributed by atoms with E-state index < -0.39 is 0 Å². The van der Waals surface area contributed by atoms with Gasteiger partial charge in [0.2, 0.25) is 0 Å². The molecule has 0 atom stereocenters. The van der Waals surface area contributed by atoms with Gasteiger partial charge in [-0.3, -0.25) is 0 Å². The Bertz CT molecular complexity index is 1050. The Balaban J connectivity index is 1.63. The van der Waals surface area contributed by atoms with Crippen molar-refractivity contribution in [1.29, 1.82) is 0 Å². The number of ether oxygens (including phenoxy) is 2. The molecule has 2 heterocycles. The third-order valence-electron chi connectivity index (χ3n) is 3.91. The Labute approximate surface area is 154 Å². The molecule has 0 spiro atoms. The summed E-state index contributed by atoms with van der Waals surface area (Å²) >= 11 is 6.07. The van der Waals surface area contributed by atoms with E-state index in [0.717, 1.165) is 11.1 Å². The van der Waals surface area contributed by atoms with Crippen molar-refractivity contribution in [1.82, 2.24) is 19.9 Å². The SMILES string of the molecule is COc1cc(OCc2ccccc2)ccc1-c1nc2c(Cl)ncnc2[nH]1. The van der Waals surface area contributed by atoms with Crippen LogP contribution in [-0.2, 0) is 6.61 Å².